The van der Waals surface area contributed by atoms with Crippen LogP contribution in [-0.2, 0) is 11.2 Å². The Morgan fingerprint density at radius 2 is 1.88 bits per heavy atom. The SMILES string of the molecule is CC.CC(C)SNCC(C)C1CCC(c2ccc(CC(=O)O)s2)CC1. The summed E-state index contributed by atoms with van der Waals surface area (Å²) >= 11 is 3.53. The minimum atomic E-state index is -0.734. The van der Waals surface area contributed by atoms with Crippen LogP contribution < -0.4 is 4.72 Å². The Labute approximate surface area is 162 Å². The average Bonchev–Trinajstić information content (AvgIpc) is 3.04. The van der Waals surface area contributed by atoms with E-state index in [9.17, 15) is 4.79 Å². The van der Waals surface area contributed by atoms with E-state index in [0.29, 0.717) is 11.2 Å². The summed E-state index contributed by atoms with van der Waals surface area (Å²) in [6.07, 6.45) is 5.26. The molecule has 1 atom stereocenters. The van der Waals surface area contributed by atoms with Gasteiger partial charge in [-0.2, -0.15) is 0 Å². The maximum absolute atomic E-state index is 10.8. The molecule has 0 spiro atoms. The second-order valence-corrected chi connectivity index (χ2v) is 9.65. The zero-order valence-corrected chi connectivity index (χ0v) is 18.0. The smallest absolute Gasteiger partial charge is 0.308 e. The van der Waals surface area contributed by atoms with Crippen molar-refractivity contribution in [1.82, 2.24) is 4.72 Å². The molecular weight excluding hydrogens is 350 g/mol. The predicted octanol–water partition coefficient (Wildman–Crippen LogP) is 5.96. The van der Waals surface area contributed by atoms with Crippen molar-refractivity contribution in [3.8, 4) is 0 Å². The third kappa shape index (κ3) is 8.14. The van der Waals surface area contributed by atoms with Gasteiger partial charge >= 0.3 is 5.97 Å². The van der Waals surface area contributed by atoms with Crippen LogP contribution in [0.5, 0.6) is 0 Å². The molecule has 1 saturated carbocycles. The van der Waals surface area contributed by atoms with E-state index < -0.39 is 5.97 Å². The summed E-state index contributed by atoms with van der Waals surface area (Å²) in [5.74, 6) is 1.46. The van der Waals surface area contributed by atoms with Gasteiger partial charge in [0.2, 0.25) is 0 Å². The monoisotopic (exact) mass is 385 g/mol. The Morgan fingerprint density at radius 1 is 1.24 bits per heavy atom. The van der Waals surface area contributed by atoms with Crippen molar-refractivity contribution in [2.75, 3.05) is 6.54 Å². The molecule has 1 aliphatic carbocycles. The van der Waals surface area contributed by atoms with Crippen LogP contribution in [0.3, 0.4) is 0 Å². The highest BCUT2D eigenvalue weighted by molar-refractivity contribution is 7.97. The predicted molar refractivity (Wildman–Crippen MR) is 112 cm³/mol. The standard InChI is InChI=1S/C18H29NO2S2.C2H6/c1-12(2)23-19-11-13(3)14-4-6-15(7-5-14)17-9-8-16(22-17)10-18(20)21;1-2/h8-9,12-15,19H,4-7,10-11H2,1-3H3,(H,20,21);1-2H3. The van der Waals surface area contributed by atoms with E-state index in [2.05, 4.69) is 31.6 Å². The van der Waals surface area contributed by atoms with Crippen molar-refractivity contribution >= 4 is 29.3 Å². The number of rotatable bonds is 8. The van der Waals surface area contributed by atoms with Crippen molar-refractivity contribution in [2.24, 2.45) is 11.8 Å². The van der Waals surface area contributed by atoms with E-state index in [4.69, 9.17) is 5.11 Å². The molecule has 0 saturated heterocycles. The fraction of sp³-hybridized carbons (Fsp3) is 0.750. The molecule has 1 aromatic rings. The summed E-state index contributed by atoms with van der Waals surface area (Å²) in [4.78, 5) is 13.2. The van der Waals surface area contributed by atoms with Gasteiger partial charge in [0, 0.05) is 21.5 Å². The lowest BCUT2D eigenvalue weighted by molar-refractivity contribution is -0.136. The number of hydrogen-bond donors (Lipinski definition) is 2. The molecule has 1 aromatic heterocycles. The van der Waals surface area contributed by atoms with Gasteiger partial charge in [-0.25, -0.2) is 0 Å². The van der Waals surface area contributed by atoms with Crippen LogP contribution in [0.4, 0.5) is 0 Å². The van der Waals surface area contributed by atoms with Crippen LogP contribution in [0.25, 0.3) is 0 Å². The van der Waals surface area contributed by atoms with E-state index in [1.165, 1.54) is 30.6 Å². The van der Waals surface area contributed by atoms with E-state index in [0.717, 1.165) is 23.3 Å². The van der Waals surface area contributed by atoms with Gasteiger partial charge in [0.05, 0.1) is 6.42 Å². The normalized spacial score (nSPS) is 21.5. The molecule has 0 amide bonds. The van der Waals surface area contributed by atoms with Crippen LogP contribution in [0.1, 0.15) is 76.0 Å². The van der Waals surface area contributed by atoms with Crippen molar-refractivity contribution < 1.29 is 9.90 Å². The van der Waals surface area contributed by atoms with Crippen molar-refractivity contribution in [1.29, 1.82) is 0 Å². The molecule has 2 N–H and O–H groups in total. The molecule has 1 heterocycles. The first-order valence-corrected chi connectivity index (χ1v) is 11.3. The quantitative estimate of drug-likeness (QED) is 0.542. The Bertz CT molecular complexity index is 494. The van der Waals surface area contributed by atoms with Crippen molar-refractivity contribution in [2.45, 2.75) is 77.9 Å². The van der Waals surface area contributed by atoms with Gasteiger partial charge in [-0.1, -0.05) is 46.6 Å². The number of thiophene rings is 1. The summed E-state index contributed by atoms with van der Waals surface area (Å²) < 4.78 is 3.51. The van der Waals surface area contributed by atoms with Gasteiger partial charge in [-0.05, 0) is 55.6 Å². The number of aliphatic carboxylic acids is 1. The van der Waals surface area contributed by atoms with Crippen LogP contribution >= 0.6 is 23.3 Å². The lowest BCUT2D eigenvalue weighted by Crippen LogP contribution is -2.26. The number of nitrogens with one attached hydrogen (secondary N) is 1. The van der Waals surface area contributed by atoms with E-state index in [1.807, 2.05) is 31.9 Å². The average molecular weight is 386 g/mol. The third-order valence-electron chi connectivity index (χ3n) is 4.71. The van der Waals surface area contributed by atoms with Gasteiger partial charge < -0.3 is 5.11 Å². The molecule has 25 heavy (non-hydrogen) atoms. The third-order valence-corrected chi connectivity index (χ3v) is 6.76. The van der Waals surface area contributed by atoms with Gasteiger partial charge in [-0.15, -0.1) is 11.3 Å². The molecule has 144 valence electrons. The van der Waals surface area contributed by atoms with E-state index in [1.54, 1.807) is 11.3 Å². The summed E-state index contributed by atoms with van der Waals surface area (Å²) in [6.45, 7) is 11.9. The van der Waals surface area contributed by atoms with Crippen LogP contribution in [0.2, 0.25) is 0 Å². The van der Waals surface area contributed by atoms with Gasteiger partial charge in [0.25, 0.3) is 0 Å². The number of carbonyl (C=O) groups is 1. The lowest BCUT2D eigenvalue weighted by Gasteiger charge is -2.32. The highest BCUT2D eigenvalue weighted by atomic mass is 32.2. The molecular formula is C20H35NO2S2. The van der Waals surface area contributed by atoms with Crippen LogP contribution in [0.15, 0.2) is 12.1 Å². The first-order chi connectivity index (χ1) is 12.0. The molecule has 1 aliphatic rings. The molecule has 1 unspecified atom stereocenters. The summed E-state index contributed by atoms with van der Waals surface area (Å²) in [6, 6.07) is 4.15. The summed E-state index contributed by atoms with van der Waals surface area (Å²) in [5, 5.41) is 9.52. The highest BCUT2D eigenvalue weighted by Crippen LogP contribution is 2.41. The maximum atomic E-state index is 10.8. The topological polar surface area (TPSA) is 49.3 Å². The number of hydrogen-bond acceptors (Lipinski definition) is 4. The van der Waals surface area contributed by atoms with Crippen LogP contribution in [-0.4, -0.2) is 22.9 Å². The minimum Gasteiger partial charge on any atom is -0.481 e. The van der Waals surface area contributed by atoms with Gasteiger partial charge in [-0.3, -0.25) is 9.52 Å². The Hall–Kier alpha value is -0.520. The fourth-order valence-corrected chi connectivity index (χ4v) is 5.21. The molecule has 2 rings (SSSR count). The van der Waals surface area contributed by atoms with Gasteiger partial charge in [0.1, 0.15) is 0 Å². The number of carboxylic acids is 1. The summed E-state index contributed by atoms with van der Waals surface area (Å²) in [5.41, 5.74) is 0. The molecule has 5 heteroatoms. The zero-order chi connectivity index (χ0) is 18.8. The zero-order valence-electron chi connectivity index (χ0n) is 16.4. The molecule has 3 nitrogen and oxygen atoms in total. The summed E-state index contributed by atoms with van der Waals surface area (Å²) in [7, 11) is 0. The highest BCUT2D eigenvalue weighted by Gasteiger charge is 2.26. The molecule has 1 fully saturated rings. The molecule has 0 aliphatic heterocycles. The maximum Gasteiger partial charge on any atom is 0.308 e. The largest absolute Gasteiger partial charge is 0.481 e. The Balaban J connectivity index is 0.00000151. The number of carboxylic acid groups (broad SMARTS) is 1. The second kappa shape index (κ2) is 12.0. The minimum absolute atomic E-state index is 0.163. The lowest BCUT2D eigenvalue weighted by atomic mass is 9.76. The Morgan fingerprint density at radius 3 is 2.44 bits per heavy atom. The molecule has 0 aromatic carbocycles. The van der Waals surface area contributed by atoms with Crippen molar-refractivity contribution in [3.63, 3.8) is 0 Å². The Kier molecular flexibility index (Phi) is 10.8. The van der Waals surface area contributed by atoms with E-state index >= 15 is 0 Å². The first kappa shape index (κ1) is 22.5. The molecule has 0 radical (unpaired) electrons. The van der Waals surface area contributed by atoms with Gasteiger partial charge in [0.15, 0.2) is 0 Å². The second-order valence-electron chi connectivity index (χ2n) is 6.98. The molecule has 0 bridgehead atoms. The van der Waals surface area contributed by atoms with E-state index in [-0.39, 0.29) is 6.42 Å². The van der Waals surface area contributed by atoms with Crippen molar-refractivity contribution in [3.05, 3.63) is 21.9 Å². The van der Waals surface area contributed by atoms with Crippen LogP contribution in [0, 0.1) is 11.8 Å². The fourth-order valence-electron chi connectivity index (χ4n) is 3.34. The first-order valence-electron chi connectivity index (χ1n) is 9.64.